The first-order chi connectivity index (χ1) is 12.1. The molecule has 0 saturated carbocycles. The van der Waals surface area contributed by atoms with E-state index in [0.29, 0.717) is 11.5 Å². The number of fused-ring (bicyclic) bond motifs is 3. The number of hydrogen-bond acceptors (Lipinski definition) is 3. The summed E-state index contributed by atoms with van der Waals surface area (Å²) in [6.45, 7) is 2.12. The minimum atomic E-state index is -0.905. The van der Waals surface area contributed by atoms with Crippen molar-refractivity contribution in [1.82, 2.24) is 0 Å². The van der Waals surface area contributed by atoms with Crippen molar-refractivity contribution in [2.75, 3.05) is 5.32 Å². The van der Waals surface area contributed by atoms with Gasteiger partial charge in [0.15, 0.2) is 0 Å². The van der Waals surface area contributed by atoms with Gasteiger partial charge in [-0.3, -0.25) is 0 Å². The highest BCUT2D eigenvalue weighted by Gasteiger charge is 2.39. The van der Waals surface area contributed by atoms with Crippen LogP contribution in [0.1, 0.15) is 51.0 Å². The number of aliphatic hydroxyl groups excluding tert-OH is 1. The molecule has 25 heavy (non-hydrogen) atoms. The number of rotatable bonds is 3. The lowest BCUT2D eigenvalue weighted by molar-refractivity contribution is 0.0697. The lowest BCUT2D eigenvalue weighted by atomic mass is 9.75. The monoisotopic (exact) mass is 335 g/mol. The topological polar surface area (TPSA) is 69.6 Å². The van der Waals surface area contributed by atoms with E-state index in [0.717, 1.165) is 28.8 Å². The molecule has 1 aliphatic heterocycles. The maximum absolute atomic E-state index is 11.1. The average molecular weight is 335 g/mol. The van der Waals surface area contributed by atoms with Crippen LogP contribution >= 0.6 is 0 Å². The predicted molar refractivity (Wildman–Crippen MR) is 96.9 cm³/mol. The molecular weight excluding hydrogens is 314 g/mol. The van der Waals surface area contributed by atoms with Crippen molar-refractivity contribution >= 4 is 11.7 Å². The first-order valence-corrected chi connectivity index (χ1v) is 8.60. The van der Waals surface area contributed by atoms with E-state index in [2.05, 4.69) is 24.4 Å². The van der Waals surface area contributed by atoms with Crippen molar-refractivity contribution in [1.29, 1.82) is 0 Å². The number of aromatic carboxylic acids is 1. The molecule has 0 aromatic heterocycles. The first-order valence-electron chi connectivity index (χ1n) is 8.60. The zero-order chi connectivity index (χ0) is 17.6. The third-order valence-electron chi connectivity index (χ3n) is 5.51. The number of aryl methyl sites for hydroxylation is 1. The smallest absolute Gasteiger partial charge is 0.335 e. The van der Waals surface area contributed by atoms with Gasteiger partial charge in [-0.2, -0.15) is 0 Å². The lowest BCUT2D eigenvalue weighted by Crippen LogP contribution is -2.30. The normalized spacial score (nSPS) is 23.7. The van der Waals surface area contributed by atoms with Crippen molar-refractivity contribution in [3.63, 3.8) is 0 Å². The molecule has 2 aromatic rings. The zero-order valence-electron chi connectivity index (χ0n) is 14.1. The maximum atomic E-state index is 11.1. The molecular formula is C21H21NO3. The Morgan fingerprint density at radius 1 is 1.20 bits per heavy atom. The van der Waals surface area contributed by atoms with Gasteiger partial charge in [0, 0.05) is 11.6 Å². The van der Waals surface area contributed by atoms with Gasteiger partial charge in [0.25, 0.3) is 0 Å². The van der Waals surface area contributed by atoms with Gasteiger partial charge in [0.1, 0.15) is 0 Å². The Hall–Kier alpha value is -2.59. The van der Waals surface area contributed by atoms with Crippen LogP contribution in [-0.2, 0) is 6.61 Å². The molecule has 3 atom stereocenters. The van der Waals surface area contributed by atoms with Gasteiger partial charge in [0.05, 0.1) is 18.2 Å². The SMILES string of the molecule is Cc1ccc(CO)c2c1N[C@H](c1ccc(C(=O)O)cc1)[C@@H]1CC=C[C@H]21. The van der Waals surface area contributed by atoms with E-state index in [1.807, 2.05) is 24.3 Å². The molecule has 4 heteroatoms. The third-order valence-corrected chi connectivity index (χ3v) is 5.51. The number of aliphatic hydroxyl groups is 1. The number of nitrogens with one attached hydrogen (secondary N) is 1. The van der Waals surface area contributed by atoms with Crippen LogP contribution in [0.2, 0.25) is 0 Å². The quantitative estimate of drug-likeness (QED) is 0.741. The number of anilines is 1. The molecule has 0 fully saturated rings. The summed E-state index contributed by atoms with van der Waals surface area (Å²) in [5, 5.41) is 22.6. The molecule has 1 aliphatic carbocycles. The van der Waals surface area contributed by atoms with Gasteiger partial charge in [-0.25, -0.2) is 4.79 Å². The third kappa shape index (κ3) is 2.53. The number of carboxylic acid groups (broad SMARTS) is 1. The van der Waals surface area contributed by atoms with E-state index in [1.165, 1.54) is 5.56 Å². The van der Waals surface area contributed by atoms with E-state index in [-0.39, 0.29) is 18.6 Å². The second-order valence-corrected chi connectivity index (χ2v) is 6.89. The maximum Gasteiger partial charge on any atom is 0.335 e. The molecule has 4 rings (SSSR count). The Morgan fingerprint density at radius 3 is 2.64 bits per heavy atom. The fourth-order valence-electron chi connectivity index (χ4n) is 4.23. The van der Waals surface area contributed by atoms with E-state index in [9.17, 15) is 9.90 Å². The van der Waals surface area contributed by atoms with Gasteiger partial charge < -0.3 is 15.5 Å². The summed E-state index contributed by atoms with van der Waals surface area (Å²) in [4.78, 5) is 11.1. The molecule has 3 N–H and O–H groups in total. The highest BCUT2D eigenvalue weighted by atomic mass is 16.4. The van der Waals surface area contributed by atoms with Crippen LogP contribution in [-0.4, -0.2) is 16.2 Å². The summed E-state index contributed by atoms with van der Waals surface area (Å²) in [6, 6.07) is 11.3. The van der Waals surface area contributed by atoms with Gasteiger partial charge in [-0.15, -0.1) is 0 Å². The molecule has 2 aliphatic rings. The minimum absolute atomic E-state index is 0.0410. The van der Waals surface area contributed by atoms with Crippen LogP contribution in [0.15, 0.2) is 48.6 Å². The summed E-state index contributed by atoms with van der Waals surface area (Å²) in [5.74, 6) is -0.255. The van der Waals surface area contributed by atoms with Crippen LogP contribution in [0.3, 0.4) is 0 Å². The minimum Gasteiger partial charge on any atom is -0.478 e. The summed E-state index contributed by atoms with van der Waals surface area (Å²) >= 11 is 0. The molecule has 0 unspecified atom stereocenters. The number of carbonyl (C=O) groups is 1. The Kier molecular flexibility index (Phi) is 3.85. The summed E-state index contributed by atoms with van der Waals surface area (Å²) in [5.41, 5.74) is 5.86. The average Bonchev–Trinajstić information content (AvgIpc) is 3.11. The predicted octanol–water partition coefficient (Wildman–Crippen LogP) is 4.01. The van der Waals surface area contributed by atoms with E-state index in [1.54, 1.807) is 12.1 Å². The Morgan fingerprint density at radius 2 is 1.96 bits per heavy atom. The zero-order valence-corrected chi connectivity index (χ0v) is 14.1. The van der Waals surface area contributed by atoms with Crippen LogP contribution in [0.25, 0.3) is 0 Å². The van der Waals surface area contributed by atoms with Crippen LogP contribution in [0, 0.1) is 12.8 Å². The lowest BCUT2D eigenvalue weighted by Gasteiger charge is -2.39. The summed E-state index contributed by atoms with van der Waals surface area (Å²) < 4.78 is 0. The van der Waals surface area contributed by atoms with Gasteiger partial charge >= 0.3 is 5.97 Å². The van der Waals surface area contributed by atoms with E-state index in [4.69, 9.17) is 5.11 Å². The second kappa shape index (κ2) is 6.05. The number of hydrogen-bond donors (Lipinski definition) is 3. The van der Waals surface area contributed by atoms with Crippen molar-refractivity contribution < 1.29 is 15.0 Å². The number of allylic oxidation sites excluding steroid dienone is 2. The van der Waals surface area contributed by atoms with Crippen molar-refractivity contribution in [3.05, 3.63) is 76.4 Å². The van der Waals surface area contributed by atoms with Crippen molar-refractivity contribution in [2.45, 2.75) is 31.9 Å². The molecule has 2 aromatic carbocycles. The molecule has 0 spiro atoms. The van der Waals surface area contributed by atoms with E-state index < -0.39 is 5.97 Å². The van der Waals surface area contributed by atoms with Crippen LogP contribution < -0.4 is 5.32 Å². The molecule has 1 heterocycles. The van der Waals surface area contributed by atoms with Crippen molar-refractivity contribution in [2.24, 2.45) is 5.92 Å². The molecule has 0 radical (unpaired) electrons. The van der Waals surface area contributed by atoms with Gasteiger partial charge in [-0.05, 0) is 53.6 Å². The molecule has 4 nitrogen and oxygen atoms in total. The highest BCUT2D eigenvalue weighted by molar-refractivity contribution is 5.87. The molecule has 128 valence electrons. The van der Waals surface area contributed by atoms with Crippen molar-refractivity contribution in [3.8, 4) is 0 Å². The Labute approximate surface area is 146 Å². The molecule has 0 saturated heterocycles. The fraction of sp³-hybridized carbons (Fsp3) is 0.286. The van der Waals surface area contributed by atoms with E-state index >= 15 is 0 Å². The van der Waals surface area contributed by atoms with Crippen LogP contribution in [0.4, 0.5) is 5.69 Å². The molecule has 0 amide bonds. The Bertz CT molecular complexity index is 854. The highest BCUT2D eigenvalue weighted by Crippen LogP contribution is 2.51. The largest absolute Gasteiger partial charge is 0.478 e. The number of benzene rings is 2. The fourth-order valence-corrected chi connectivity index (χ4v) is 4.23. The van der Waals surface area contributed by atoms with Gasteiger partial charge in [0.2, 0.25) is 0 Å². The van der Waals surface area contributed by atoms with Gasteiger partial charge in [-0.1, -0.05) is 36.4 Å². The summed E-state index contributed by atoms with van der Waals surface area (Å²) in [7, 11) is 0. The Balaban J connectivity index is 1.78. The standard InChI is InChI=1S/C21H21NO3/c1-12-5-6-15(11-23)18-16-3-2-4-17(16)20(22-19(12)18)13-7-9-14(10-8-13)21(24)25/h2-3,5-10,16-17,20,22-23H,4,11H2,1H3,(H,24,25)/t16-,17+,20+/m0/s1. The number of carboxylic acids is 1. The van der Waals surface area contributed by atoms with Crippen LogP contribution in [0.5, 0.6) is 0 Å². The first kappa shape index (κ1) is 15.9. The molecule has 0 bridgehead atoms. The summed E-state index contributed by atoms with van der Waals surface area (Å²) in [6.07, 6.45) is 5.44. The second-order valence-electron chi connectivity index (χ2n) is 6.89.